The molecule has 1 aliphatic carbocycles. The van der Waals surface area contributed by atoms with Crippen molar-refractivity contribution in [3.05, 3.63) is 77.9 Å². The number of amides is 1. The Labute approximate surface area is 196 Å². The number of carbonyl (C=O) groups is 2. The van der Waals surface area contributed by atoms with E-state index in [1.54, 1.807) is 27.7 Å². The zero-order valence-electron chi connectivity index (χ0n) is 18.7. The van der Waals surface area contributed by atoms with Gasteiger partial charge in [-0.2, -0.15) is 10.4 Å². The first-order valence-corrected chi connectivity index (χ1v) is 11.1. The molecular weight excluding hydrogens is 428 g/mol. The van der Waals surface area contributed by atoms with Gasteiger partial charge in [0.25, 0.3) is 0 Å². The summed E-state index contributed by atoms with van der Waals surface area (Å²) in [5.74, 6) is 0.840. The molecule has 8 heteroatoms. The van der Waals surface area contributed by atoms with E-state index in [0.29, 0.717) is 23.7 Å². The average molecular weight is 451 g/mol. The minimum Gasteiger partial charge on any atom is -0.308 e. The fraction of sp³-hybridized carbons (Fsp3) is 0.231. The number of pyridine rings is 2. The van der Waals surface area contributed by atoms with Crippen LogP contribution in [0.2, 0.25) is 0 Å². The first kappa shape index (κ1) is 21.5. The monoisotopic (exact) mass is 450 g/mol. The Morgan fingerprint density at radius 1 is 1.12 bits per heavy atom. The number of hydrogen-bond acceptors (Lipinski definition) is 6. The number of rotatable bonds is 7. The Kier molecular flexibility index (Phi) is 5.60. The van der Waals surface area contributed by atoms with Crippen molar-refractivity contribution in [2.75, 3.05) is 4.90 Å². The number of hydrogen-bond donors (Lipinski definition) is 0. The molecule has 1 fully saturated rings. The lowest BCUT2D eigenvalue weighted by molar-refractivity contribution is -0.119. The van der Waals surface area contributed by atoms with Gasteiger partial charge in [0.15, 0.2) is 11.5 Å². The molecule has 1 saturated carbocycles. The summed E-state index contributed by atoms with van der Waals surface area (Å²) < 4.78 is 1.76. The third-order valence-electron chi connectivity index (χ3n) is 5.90. The molecule has 0 aliphatic heterocycles. The summed E-state index contributed by atoms with van der Waals surface area (Å²) in [7, 11) is 0. The second-order valence-corrected chi connectivity index (χ2v) is 8.44. The van der Waals surface area contributed by atoms with Crippen LogP contribution in [0.5, 0.6) is 0 Å². The molecule has 0 bridgehead atoms. The molecule has 0 spiro atoms. The average Bonchev–Trinajstić information content (AvgIpc) is 3.62. The fourth-order valence-corrected chi connectivity index (χ4v) is 3.91. The molecule has 34 heavy (non-hydrogen) atoms. The minimum absolute atomic E-state index is 0.0968. The second kappa shape index (κ2) is 8.87. The summed E-state index contributed by atoms with van der Waals surface area (Å²) in [6, 6.07) is 18.8. The van der Waals surface area contributed by atoms with Gasteiger partial charge in [0, 0.05) is 30.3 Å². The van der Waals surface area contributed by atoms with E-state index in [1.807, 2.05) is 48.5 Å². The minimum atomic E-state index is -0.0968. The van der Waals surface area contributed by atoms with E-state index in [4.69, 9.17) is 5.26 Å². The van der Waals surface area contributed by atoms with Crippen LogP contribution in [0.1, 0.15) is 36.8 Å². The van der Waals surface area contributed by atoms with Gasteiger partial charge >= 0.3 is 0 Å². The van der Waals surface area contributed by atoms with Crippen molar-refractivity contribution in [3.8, 4) is 17.3 Å². The largest absolute Gasteiger partial charge is 0.308 e. The van der Waals surface area contributed by atoms with Crippen molar-refractivity contribution < 1.29 is 9.59 Å². The predicted octanol–water partition coefficient (Wildman–Crippen LogP) is 3.74. The molecule has 3 heterocycles. The van der Waals surface area contributed by atoms with Crippen molar-refractivity contribution in [1.82, 2.24) is 19.6 Å². The molecule has 0 radical (unpaired) electrons. The van der Waals surface area contributed by atoms with Crippen molar-refractivity contribution in [2.45, 2.75) is 32.7 Å². The highest BCUT2D eigenvalue weighted by atomic mass is 16.2. The molecule has 8 nitrogen and oxygen atoms in total. The van der Waals surface area contributed by atoms with Gasteiger partial charge in [-0.1, -0.05) is 24.3 Å². The number of nitriles is 1. The van der Waals surface area contributed by atoms with E-state index in [0.717, 1.165) is 35.3 Å². The highest BCUT2D eigenvalue weighted by Gasteiger charge is 2.30. The molecule has 168 valence electrons. The van der Waals surface area contributed by atoms with Crippen molar-refractivity contribution in [2.24, 2.45) is 5.92 Å². The molecule has 0 atom stereocenters. The van der Waals surface area contributed by atoms with Gasteiger partial charge in [0.2, 0.25) is 5.91 Å². The van der Waals surface area contributed by atoms with Crippen LogP contribution in [0.4, 0.5) is 5.69 Å². The Morgan fingerprint density at radius 3 is 2.56 bits per heavy atom. The van der Waals surface area contributed by atoms with Crippen molar-refractivity contribution in [3.63, 3.8) is 0 Å². The van der Waals surface area contributed by atoms with Crippen LogP contribution in [0.15, 0.2) is 60.8 Å². The lowest BCUT2D eigenvalue weighted by atomic mass is 10.1. The van der Waals surface area contributed by atoms with Crippen LogP contribution < -0.4 is 4.90 Å². The number of benzene rings is 1. The zero-order valence-corrected chi connectivity index (χ0v) is 18.7. The SMILES string of the molecule is CC(=O)N(Cc1ccc(C#N)nc1)c1ccc(-c2cccc3nc(CC(=O)C4CC4)nn23)cc1. The van der Waals surface area contributed by atoms with E-state index in [1.165, 1.54) is 6.92 Å². The molecule has 1 amide bonds. The van der Waals surface area contributed by atoms with Crippen LogP contribution in [-0.2, 0) is 22.6 Å². The first-order valence-electron chi connectivity index (χ1n) is 11.1. The summed E-state index contributed by atoms with van der Waals surface area (Å²) in [4.78, 5) is 34.8. The molecule has 4 aromatic rings. The fourth-order valence-electron chi connectivity index (χ4n) is 3.91. The van der Waals surface area contributed by atoms with E-state index >= 15 is 0 Å². The van der Waals surface area contributed by atoms with Gasteiger partial charge in [0.1, 0.15) is 17.5 Å². The van der Waals surface area contributed by atoms with Crippen LogP contribution in [0, 0.1) is 17.2 Å². The maximum absolute atomic E-state index is 12.3. The highest BCUT2D eigenvalue weighted by Crippen LogP contribution is 2.31. The van der Waals surface area contributed by atoms with E-state index < -0.39 is 0 Å². The third-order valence-corrected chi connectivity index (χ3v) is 5.90. The van der Waals surface area contributed by atoms with Gasteiger partial charge in [-0.15, -0.1) is 0 Å². The van der Waals surface area contributed by atoms with Gasteiger partial charge in [-0.05, 0) is 48.7 Å². The van der Waals surface area contributed by atoms with E-state index in [2.05, 4.69) is 15.1 Å². The van der Waals surface area contributed by atoms with Gasteiger partial charge in [-0.25, -0.2) is 14.5 Å². The maximum atomic E-state index is 12.3. The topological polar surface area (TPSA) is 104 Å². The molecule has 0 unspecified atom stereocenters. The van der Waals surface area contributed by atoms with Crippen LogP contribution in [0.3, 0.4) is 0 Å². The summed E-state index contributed by atoms with van der Waals surface area (Å²) >= 11 is 0. The number of fused-ring (bicyclic) bond motifs is 1. The number of Topliss-reactive ketones (excluding diaryl/α,β-unsaturated/α-hetero) is 1. The number of nitrogens with zero attached hydrogens (tertiary/aromatic N) is 6. The standard InChI is InChI=1S/C26H22N6O2/c1-17(33)31(16-18-5-10-21(14-27)28-15-18)22-11-8-19(9-12-22)23-3-2-4-26-29-25(30-32(23)26)13-24(34)20-6-7-20/h2-5,8-12,15,20H,6-7,13,16H2,1H3. The van der Waals surface area contributed by atoms with E-state index in [-0.39, 0.29) is 24.0 Å². The molecule has 5 rings (SSSR count). The second-order valence-electron chi connectivity index (χ2n) is 8.44. The Bertz CT molecular complexity index is 1410. The van der Waals surface area contributed by atoms with E-state index in [9.17, 15) is 9.59 Å². The van der Waals surface area contributed by atoms with Crippen LogP contribution >= 0.6 is 0 Å². The molecular formula is C26H22N6O2. The zero-order chi connectivity index (χ0) is 23.7. The predicted molar refractivity (Wildman–Crippen MR) is 126 cm³/mol. The number of ketones is 1. The van der Waals surface area contributed by atoms with Crippen molar-refractivity contribution in [1.29, 1.82) is 5.26 Å². The van der Waals surface area contributed by atoms with Crippen LogP contribution in [0.25, 0.3) is 16.9 Å². The molecule has 1 aromatic carbocycles. The third kappa shape index (κ3) is 4.41. The van der Waals surface area contributed by atoms with Gasteiger partial charge < -0.3 is 4.90 Å². The maximum Gasteiger partial charge on any atom is 0.224 e. The molecule has 1 aliphatic rings. The van der Waals surface area contributed by atoms with Crippen molar-refractivity contribution >= 4 is 23.0 Å². The quantitative estimate of drug-likeness (QED) is 0.425. The molecule has 0 saturated heterocycles. The lowest BCUT2D eigenvalue weighted by Crippen LogP contribution is -2.27. The number of carbonyl (C=O) groups excluding carboxylic acids is 2. The molecule has 0 N–H and O–H groups in total. The summed E-state index contributed by atoms with van der Waals surface area (Å²) in [6.45, 7) is 1.87. The summed E-state index contributed by atoms with van der Waals surface area (Å²) in [6.07, 6.45) is 3.83. The highest BCUT2D eigenvalue weighted by molar-refractivity contribution is 5.91. The Hall–Kier alpha value is -4.38. The van der Waals surface area contributed by atoms with Gasteiger partial charge in [-0.3, -0.25) is 9.59 Å². The van der Waals surface area contributed by atoms with Crippen LogP contribution in [-0.4, -0.2) is 31.3 Å². The molecule has 3 aromatic heterocycles. The Morgan fingerprint density at radius 2 is 1.91 bits per heavy atom. The smallest absolute Gasteiger partial charge is 0.224 e. The number of aromatic nitrogens is 4. The summed E-state index contributed by atoms with van der Waals surface area (Å²) in [5.41, 5.74) is 4.39. The first-order chi connectivity index (χ1) is 16.5. The van der Waals surface area contributed by atoms with Gasteiger partial charge in [0.05, 0.1) is 18.7 Å². The summed E-state index contributed by atoms with van der Waals surface area (Å²) in [5, 5.41) is 13.5. The normalized spacial score (nSPS) is 12.9. The Balaban J connectivity index is 1.40. The number of anilines is 1. The lowest BCUT2D eigenvalue weighted by Gasteiger charge is -2.21.